The fourth-order valence-electron chi connectivity index (χ4n) is 4.21. The van der Waals surface area contributed by atoms with Crippen LogP contribution >= 0.6 is 11.8 Å². The average molecular weight is 500 g/mol. The number of carbonyl (C=O) groups is 1. The third-order valence-corrected chi connectivity index (χ3v) is 7.41. The summed E-state index contributed by atoms with van der Waals surface area (Å²) in [6.45, 7) is 6.96. The topological polar surface area (TPSA) is 61.4 Å². The number of piperazine rings is 1. The fraction of sp³-hybridized carbons (Fsp3) is 0.345. The van der Waals surface area contributed by atoms with Crippen LogP contribution in [0.15, 0.2) is 71.9 Å². The first kappa shape index (κ1) is 24.5. The SMILES string of the molecule is Cc1cc(N2CCN(C/C=C/c3ccccc3)CC2)nc(SCc2ccc(C(=O)NC3CC3)cc2)n1. The van der Waals surface area contributed by atoms with E-state index in [0.717, 1.165) is 79.1 Å². The van der Waals surface area contributed by atoms with E-state index in [1.54, 1.807) is 11.8 Å². The molecule has 1 aliphatic heterocycles. The Labute approximate surface area is 217 Å². The lowest BCUT2D eigenvalue weighted by molar-refractivity contribution is 0.0951. The van der Waals surface area contributed by atoms with Crippen molar-refractivity contribution in [2.24, 2.45) is 0 Å². The molecule has 2 aromatic carbocycles. The minimum absolute atomic E-state index is 0.0238. The Morgan fingerprint density at radius 3 is 2.50 bits per heavy atom. The van der Waals surface area contributed by atoms with E-state index in [1.807, 2.05) is 37.3 Å². The van der Waals surface area contributed by atoms with Gasteiger partial charge in [-0.05, 0) is 43.0 Å². The minimum Gasteiger partial charge on any atom is -0.354 e. The van der Waals surface area contributed by atoms with Crippen molar-refractivity contribution in [3.05, 3.63) is 89.1 Å². The lowest BCUT2D eigenvalue weighted by Crippen LogP contribution is -2.46. The van der Waals surface area contributed by atoms with Crippen LogP contribution in [0.4, 0.5) is 5.82 Å². The highest BCUT2D eigenvalue weighted by atomic mass is 32.2. The van der Waals surface area contributed by atoms with Gasteiger partial charge in [-0.25, -0.2) is 9.97 Å². The second-order valence-electron chi connectivity index (χ2n) is 9.48. The lowest BCUT2D eigenvalue weighted by Gasteiger charge is -2.35. The van der Waals surface area contributed by atoms with Crippen LogP contribution in [0, 0.1) is 6.92 Å². The van der Waals surface area contributed by atoms with Gasteiger partial charge in [-0.3, -0.25) is 9.69 Å². The van der Waals surface area contributed by atoms with E-state index in [-0.39, 0.29) is 5.91 Å². The largest absolute Gasteiger partial charge is 0.354 e. The maximum absolute atomic E-state index is 12.2. The molecule has 0 atom stereocenters. The van der Waals surface area contributed by atoms with Gasteiger partial charge in [0.25, 0.3) is 5.91 Å². The summed E-state index contributed by atoms with van der Waals surface area (Å²) in [5, 5.41) is 3.84. The van der Waals surface area contributed by atoms with Crippen molar-refractivity contribution in [1.29, 1.82) is 0 Å². The number of rotatable bonds is 9. The molecule has 0 radical (unpaired) electrons. The number of anilines is 1. The second-order valence-corrected chi connectivity index (χ2v) is 10.4. The molecule has 3 aromatic rings. The zero-order valence-corrected chi connectivity index (χ0v) is 21.6. The van der Waals surface area contributed by atoms with E-state index in [9.17, 15) is 4.79 Å². The maximum Gasteiger partial charge on any atom is 0.251 e. The Kier molecular flexibility index (Phi) is 7.98. The molecule has 1 saturated heterocycles. The number of nitrogens with one attached hydrogen (secondary N) is 1. The first-order valence-corrected chi connectivity index (χ1v) is 13.7. The molecule has 1 aliphatic carbocycles. The highest BCUT2D eigenvalue weighted by Crippen LogP contribution is 2.24. The number of aromatic nitrogens is 2. The molecule has 36 heavy (non-hydrogen) atoms. The van der Waals surface area contributed by atoms with Gasteiger partial charge in [0.1, 0.15) is 5.82 Å². The molecule has 2 fully saturated rings. The van der Waals surface area contributed by atoms with Crippen molar-refractivity contribution in [3.8, 4) is 0 Å². The molecule has 7 heteroatoms. The van der Waals surface area contributed by atoms with Crippen molar-refractivity contribution < 1.29 is 4.79 Å². The predicted molar refractivity (Wildman–Crippen MR) is 147 cm³/mol. The van der Waals surface area contributed by atoms with Crippen LogP contribution in [0.3, 0.4) is 0 Å². The zero-order valence-electron chi connectivity index (χ0n) is 20.8. The maximum atomic E-state index is 12.2. The van der Waals surface area contributed by atoms with E-state index >= 15 is 0 Å². The molecular weight excluding hydrogens is 466 g/mol. The van der Waals surface area contributed by atoms with E-state index in [4.69, 9.17) is 4.98 Å². The Hall–Kier alpha value is -3.16. The molecule has 1 saturated carbocycles. The van der Waals surface area contributed by atoms with Crippen molar-refractivity contribution in [1.82, 2.24) is 20.2 Å². The third-order valence-electron chi connectivity index (χ3n) is 6.49. The van der Waals surface area contributed by atoms with E-state index in [1.165, 1.54) is 5.56 Å². The van der Waals surface area contributed by atoms with E-state index < -0.39 is 0 Å². The van der Waals surface area contributed by atoms with Gasteiger partial charge >= 0.3 is 0 Å². The van der Waals surface area contributed by atoms with Crippen LogP contribution in [-0.2, 0) is 5.75 Å². The monoisotopic (exact) mass is 499 g/mol. The number of nitrogens with zero attached hydrogens (tertiary/aromatic N) is 4. The molecule has 6 nitrogen and oxygen atoms in total. The van der Waals surface area contributed by atoms with E-state index in [2.05, 4.69) is 62.6 Å². The summed E-state index contributed by atoms with van der Waals surface area (Å²) >= 11 is 1.64. The molecular formula is C29H33N5OS. The molecule has 0 unspecified atom stereocenters. The van der Waals surface area contributed by atoms with Gasteiger partial charge in [0.15, 0.2) is 5.16 Å². The highest BCUT2D eigenvalue weighted by molar-refractivity contribution is 7.98. The average Bonchev–Trinajstić information content (AvgIpc) is 3.72. The number of benzene rings is 2. The second kappa shape index (κ2) is 11.7. The van der Waals surface area contributed by atoms with Crippen molar-refractivity contribution >= 4 is 29.6 Å². The number of carbonyl (C=O) groups excluding carboxylic acids is 1. The smallest absolute Gasteiger partial charge is 0.251 e. The number of amides is 1. The van der Waals surface area contributed by atoms with Crippen LogP contribution in [0.1, 0.15) is 40.0 Å². The predicted octanol–water partition coefficient (Wildman–Crippen LogP) is 4.80. The van der Waals surface area contributed by atoms with Crippen LogP contribution in [0.2, 0.25) is 0 Å². The normalized spacial score (nSPS) is 16.4. The summed E-state index contributed by atoms with van der Waals surface area (Å²) < 4.78 is 0. The van der Waals surface area contributed by atoms with E-state index in [0.29, 0.717) is 6.04 Å². The van der Waals surface area contributed by atoms with Gasteiger partial charge < -0.3 is 10.2 Å². The van der Waals surface area contributed by atoms with Gasteiger partial charge in [0.05, 0.1) is 0 Å². The summed E-state index contributed by atoms with van der Waals surface area (Å²) in [7, 11) is 0. The molecule has 2 aliphatic rings. The van der Waals surface area contributed by atoms with Gasteiger partial charge in [-0.2, -0.15) is 0 Å². The van der Waals surface area contributed by atoms with Crippen molar-refractivity contribution in [3.63, 3.8) is 0 Å². The number of hydrogen-bond acceptors (Lipinski definition) is 6. The number of hydrogen-bond donors (Lipinski definition) is 1. The molecule has 0 spiro atoms. The number of thioether (sulfide) groups is 1. The summed E-state index contributed by atoms with van der Waals surface area (Å²) in [5.41, 5.74) is 4.11. The lowest BCUT2D eigenvalue weighted by atomic mass is 10.1. The van der Waals surface area contributed by atoms with Crippen molar-refractivity contribution in [2.75, 3.05) is 37.6 Å². The molecule has 1 N–H and O–H groups in total. The Morgan fingerprint density at radius 2 is 1.78 bits per heavy atom. The Bertz CT molecular complexity index is 1190. The molecule has 186 valence electrons. The fourth-order valence-corrected chi connectivity index (χ4v) is 5.06. The molecule has 5 rings (SSSR count). The van der Waals surface area contributed by atoms with Gasteiger partial charge in [0.2, 0.25) is 0 Å². The zero-order chi connectivity index (χ0) is 24.7. The van der Waals surface area contributed by atoms with Crippen LogP contribution < -0.4 is 10.2 Å². The molecule has 0 bridgehead atoms. The van der Waals surface area contributed by atoms with Crippen LogP contribution in [0.25, 0.3) is 6.08 Å². The summed E-state index contributed by atoms with van der Waals surface area (Å²) in [6.07, 6.45) is 6.64. The Balaban J connectivity index is 1.12. The summed E-state index contributed by atoms with van der Waals surface area (Å²) in [5.74, 6) is 1.81. The van der Waals surface area contributed by atoms with Gasteiger partial charge in [-0.15, -0.1) is 0 Å². The van der Waals surface area contributed by atoms with Crippen LogP contribution in [0.5, 0.6) is 0 Å². The third kappa shape index (κ3) is 6.95. The van der Waals surface area contributed by atoms with Gasteiger partial charge in [0, 0.05) is 61.8 Å². The minimum atomic E-state index is 0.0238. The first-order chi connectivity index (χ1) is 17.6. The Morgan fingerprint density at radius 1 is 1.03 bits per heavy atom. The summed E-state index contributed by atoms with van der Waals surface area (Å²) in [6, 6.07) is 20.8. The number of aryl methyl sites for hydroxylation is 1. The first-order valence-electron chi connectivity index (χ1n) is 12.7. The molecule has 1 amide bonds. The highest BCUT2D eigenvalue weighted by Gasteiger charge is 2.23. The van der Waals surface area contributed by atoms with Crippen molar-refractivity contribution in [2.45, 2.75) is 36.7 Å². The molecule has 2 heterocycles. The quantitative estimate of drug-likeness (QED) is 0.337. The summed E-state index contributed by atoms with van der Waals surface area (Å²) in [4.78, 5) is 26.6. The van der Waals surface area contributed by atoms with Crippen LogP contribution in [-0.4, -0.2) is 59.5 Å². The van der Waals surface area contributed by atoms with Gasteiger partial charge in [-0.1, -0.05) is 66.4 Å². The standard InChI is InChI=1S/C29H33N5OS/c1-22-20-27(34-18-16-33(17-19-34)15-5-8-23-6-3-2-4-7-23)32-29(30-22)36-21-24-9-11-25(12-10-24)28(35)31-26-13-14-26/h2-12,20,26H,13-19,21H2,1H3,(H,31,35)/b8-5+. The molecule has 1 aromatic heterocycles.